The van der Waals surface area contributed by atoms with E-state index in [1.807, 2.05) is 30.3 Å². The minimum absolute atomic E-state index is 0.0947. The minimum atomic E-state index is -1.24. The zero-order valence-corrected chi connectivity index (χ0v) is 10.2. The molecule has 0 heterocycles. The molecule has 0 bridgehead atoms. The van der Waals surface area contributed by atoms with Gasteiger partial charge < -0.3 is 14.9 Å². The number of aromatic hydroxyl groups is 1. The molecule has 2 N–H and O–H groups in total. The molecule has 2 rings (SSSR count). The second-order valence-corrected chi connectivity index (χ2v) is 4.03. The molecule has 0 aliphatic heterocycles. The van der Waals surface area contributed by atoms with Crippen LogP contribution in [-0.4, -0.2) is 10.2 Å². The van der Waals surface area contributed by atoms with E-state index >= 15 is 0 Å². The van der Waals surface area contributed by atoms with Crippen molar-refractivity contribution in [1.82, 2.24) is 0 Å². The van der Waals surface area contributed by atoms with Crippen LogP contribution in [0.25, 0.3) is 0 Å². The molecular weight excluding hydrogens is 242 g/mol. The number of aliphatic hydroxyl groups is 1. The Morgan fingerprint density at radius 3 is 2.53 bits per heavy atom. The predicted octanol–water partition coefficient (Wildman–Crippen LogP) is 2.53. The molecule has 2 aromatic carbocycles. The van der Waals surface area contributed by atoms with E-state index in [-0.39, 0.29) is 5.75 Å². The third-order valence-electron chi connectivity index (χ3n) is 2.66. The fourth-order valence-electron chi connectivity index (χ4n) is 1.64. The summed E-state index contributed by atoms with van der Waals surface area (Å²) in [7, 11) is 0. The molecule has 0 fully saturated rings. The molecule has 0 radical (unpaired) electrons. The number of nitriles is 1. The Kier molecular flexibility index (Phi) is 4.01. The van der Waals surface area contributed by atoms with Gasteiger partial charge in [0.1, 0.15) is 6.61 Å². The first-order chi connectivity index (χ1) is 9.20. The van der Waals surface area contributed by atoms with Crippen LogP contribution in [0.1, 0.15) is 17.2 Å². The molecule has 0 spiro atoms. The summed E-state index contributed by atoms with van der Waals surface area (Å²) in [5, 5.41) is 27.7. The van der Waals surface area contributed by atoms with Gasteiger partial charge in [0.25, 0.3) is 0 Å². The fraction of sp³-hybridized carbons (Fsp3) is 0.133. The van der Waals surface area contributed by atoms with Gasteiger partial charge in [0, 0.05) is 0 Å². The molecule has 96 valence electrons. The van der Waals surface area contributed by atoms with Gasteiger partial charge in [-0.15, -0.1) is 0 Å². The van der Waals surface area contributed by atoms with Crippen molar-refractivity contribution in [3.8, 4) is 17.6 Å². The van der Waals surface area contributed by atoms with E-state index in [0.29, 0.717) is 17.9 Å². The first kappa shape index (κ1) is 12.9. The summed E-state index contributed by atoms with van der Waals surface area (Å²) in [6, 6.07) is 15.7. The maximum Gasteiger partial charge on any atom is 0.166 e. The lowest BCUT2D eigenvalue weighted by Gasteiger charge is -2.10. The molecule has 1 atom stereocenters. The van der Waals surface area contributed by atoms with E-state index < -0.39 is 6.10 Å². The molecule has 2 aromatic rings. The minimum Gasteiger partial charge on any atom is -0.504 e. The van der Waals surface area contributed by atoms with Crippen LogP contribution in [-0.2, 0) is 6.61 Å². The number of aliphatic hydroxyl groups excluding tert-OH is 1. The lowest BCUT2D eigenvalue weighted by Crippen LogP contribution is -1.97. The highest BCUT2D eigenvalue weighted by Crippen LogP contribution is 2.29. The molecule has 4 nitrogen and oxygen atoms in total. The highest BCUT2D eigenvalue weighted by Gasteiger charge is 2.10. The van der Waals surface area contributed by atoms with Gasteiger partial charge in [0.15, 0.2) is 17.6 Å². The van der Waals surface area contributed by atoms with Gasteiger partial charge in [0.2, 0.25) is 0 Å². The monoisotopic (exact) mass is 255 g/mol. The van der Waals surface area contributed by atoms with Gasteiger partial charge in [-0.1, -0.05) is 36.4 Å². The number of ether oxygens (including phenoxy) is 1. The van der Waals surface area contributed by atoms with E-state index in [1.165, 1.54) is 12.1 Å². The Labute approximate surface area is 111 Å². The van der Waals surface area contributed by atoms with Crippen LogP contribution in [0.4, 0.5) is 0 Å². The van der Waals surface area contributed by atoms with Crippen molar-refractivity contribution in [2.24, 2.45) is 0 Å². The van der Waals surface area contributed by atoms with E-state index in [1.54, 1.807) is 12.1 Å². The topological polar surface area (TPSA) is 73.5 Å². The smallest absolute Gasteiger partial charge is 0.166 e. The second kappa shape index (κ2) is 5.89. The number of phenols is 1. The van der Waals surface area contributed by atoms with Crippen LogP contribution in [0.2, 0.25) is 0 Å². The summed E-state index contributed by atoms with van der Waals surface area (Å²) in [6.07, 6.45) is -1.24. The molecule has 0 aliphatic carbocycles. The predicted molar refractivity (Wildman–Crippen MR) is 69.5 cm³/mol. The number of hydrogen-bond donors (Lipinski definition) is 2. The van der Waals surface area contributed by atoms with E-state index in [4.69, 9.17) is 10.00 Å². The SMILES string of the molecule is N#C[C@H](O)c1ccc(OCc2ccccc2)c(O)c1. The first-order valence-corrected chi connectivity index (χ1v) is 5.78. The van der Waals surface area contributed by atoms with Gasteiger partial charge in [0.05, 0.1) is 6.07 Å². The van der Waals surface area contributed by atoms with Crippen LogP contribution >= 0.6 is 0 Å². The highest BCUT2D eigenvalue weighted by molar-refractivity contribution is 5.43. The van der Waals surface area contributed by atoms with Crippen molar-refractivity contribution in [3.05, 3.63) is 59.7 Å². The summed E-state index contributed by atoms with van der Waals surface area (Å²) < 4.78 is 5.48. The average molecular weight is 255 g/mol. The number of benzene rings is 2. The molecule has 0 aromatic heterocycles. The molecule has 0 unspecified atom stereocenters. The first-order valence-electron chi connectivity index (χ1n) is 5.78. The van der Waals surface area contributed by atoms with Gasteiger partial charge >= 0.3 is 0 Å². The highest BCUT2D eigenvalue weighted by atomic mass is 16.5. The standard InChI is InChI=1S/C15H13NO3/c16-9-14(18)12-6-7-15(13(17)8-12)19-10-11-4-2-1-3-5-11/h1-8,14,17-18H,10H2/t14-/m0/s1. The van der Waals surface area contributed by atoms with Crippen LogP contribution in [0.5, 0.6) is 11.5 Å². The van der Waals surface area contributed by atoms with Gasteiger partial charge in [-0.2, -0.15) is 5.26 Å². The Hall–Kier alpha value is -2.51. The van der Waals surface area contributed by atoms with Crippen molar-refractivity contribution in [3.63, 3.8) is 0 Å². The van der Waals surface area contributed by atoms with Crippen LogP contribution in [0, 0.1) is 11.3 Å². The largest absolute Gasteiger partial charge is 0.504 e. The molecule has 0 amide bonds. The maximum atomic E-state index is 9.77. The van der Waals surface area contributed by atoms with Gasteiger partial charge in [-0.05, 0) is 23.3 Å². The number of rotatable bonds is 4. The van der Waals surface area contributed by atoms with Gasteiger partial charge in [-0.3, -0.25) is 0 Å². The normalized spacial score (nSPS) is 11.6. The number of phenolic OH excluding ortho intramolecular Hbond substituents is 1. The molecule has 19 heavy (non-hydrogen) atoms. The van der Waals surface area contributed by atoms with Crippen LogP contribution < -0.4 is 4.74 Å². The summed E-state index contributed by atoms with van der Waals surface area (Å²) in [6.45, 7) is 0.342. The Balaban J connectivity index is 2.08. The van der Waals surface area contributed by atoms with Gasteiger partial charge in [-0.25, -0.2) is 0 Å². The maximum absolute atomic E-state index is 9.77. The van der Waals surface area contributed by atoms with Crippen molar-refractivity contribution in [2.45, 2.75) is 12.7 Å². The van der Waals surface area contributed by atoms with Crippen molar-refractivity contribution < 1.29 is 14.9 Å². The summed E-state index contributed by atoms with van der Waals surface area (Å²) in [5.41, 5.74) is 1.33. The van der Waals surface area contributed by atoms with E-state index in [2.05, 4.69) is 0 Å². The lowest BCUT2D eigenvalue weighted by atomic mass is 10.1. The Morgan fingerprint density at radius 2 is 1.89 bits per heavy atom. The van der Waals surface area contributed by atoms with E-state index in [0.717, 1.165) is 5.56 Å². The van der Waals surface area contributed by atoms with Crippen LogP contribution in [0.3, 0.4) is 0 Å². The third kappa shape index (κ3) is 3.24. The second-order valence-electron chi connectivity index (χ2n) is 4.03. The van der Waals surface area contributed by atoms with Crippen molar-refractivity contribution >= 4 is 0 Å². The lowest BCUT2D eigenvalue weighted by molar-refractivity contribution is 0.234. The van der Waals surface area contributed by atoms with Crippen LogP contribution in [0.15, 0.2) is 48.5 Å². The third-order valence-corrected chi connectivity index (χ3v) is 2.66. The Morgan fingerprint density at radius 1 is 1.16 bits per heavy atom. The number of hydrogen-bond acceptors (Lipinski definition) is 4. The summed E-state index contributed by atoms with van der Waals surface area (Å²) >= 11 is 0. The number of nitrogens with zero attached hydrogens (tertiary/aromatic N) is 1. The fourth-order valence-corrected chi connectivity index (χ4v) is 1.64. The van der Waals surface area contributed by atoms with Crippen molar-refractivity contribution in [2.75, 3.05) is 0 Å². The molecule has 0 saturated carbocycles. The zero-order valence-electron chi connectivity index (χ0n) is 10.2. The molecule has 0 aliphatic rings. The quantitative estimate of drug-likeness (QED) is 0.823. The average Bonchev–Trinajstić information content (AvgIpc) is 2.46. The zero-order chi connectivity index (χ0) is 13.7. The summed E-state index contributed by atoms with van der Waals surface area (Å²) in [5.74, 6) is 0.223. The molecular formula is C15H13NO3. The summed E-state index contributed by atoms with van der Waals surface area (Å²) in [4.78, 5) is 0. The van der Waals surface area contributed by atoms with Crippen molar-refractivity contribution in [1.29, 1.82) is 5.26 Å². The molecule has 0 saturated heterocycles. The molecule has 4 heteroatoms. The Bertz CT molecular complexity index is 590. The van der Waals surface area contributed by atoms with E-state index in [9.17, 15) is 10.2 Å².